The Morgan fingerprint density at radius 2 is 2.04 bits per heavy atom. The lowest BCUT2D eigenvalue weighted by Crippen LogP contribution is -2.22. The zero-order chi connectivity index (χ0) is 16.7. The Morgan fingerprint density at radius 3 is 2.65 bits per heavy atom. The summed E-state index contributed by atoms with van der Waals surface area (Å²) in [5, 5.41) is 8.79. The van der Waals surface area contributed by atoms with Gasteiger partial charge in [-0.25, -0.2) is 0 Å². The molecule has 2 rings (SSSR count). The van der Waals surface area contributed by atoms with Gasteiger partial charge in [0.15, 0.2) is 5.78 Å². The molecule has 4 heteroatoms. The lowest BCUT2D eigenvalue weighted by Gasteiger charge is -2.27. The fourth-order valence-corrected chi connectivity index (χ4v) is 3.43. The van der Waals surface area contributed by atoms with Gasteiger partial charge in [0, 0.05) is 11.5 Å². The zero-order valence-corrected chi connectivity index (χ0v) is 14.1. The molecule has 23 heavy (non-hydrogen) atoms. The number of unbranched alkanes of at least 4 members (excludes halogenated alkanes) is 1. The standard InChI is InChI=1S/C19H29NO3/c1-2-3-4-14-5-7-15(8-6-14)19(22)16-9-10-18(17(20)13-16)23-12-11-21/h9-10,13-15,21H,2-8,11-12,20H2,1H3. The monoisotopic (exact) mass is 319 g/mol. The van der Waals surface area contributed by atoms with E-state index in [9.17, 15) is 4.79 Å². The molecule has 0 amide bonds. The maximum absolute atomic E-state index is 12.7. The molecule has 3 N–H and O–H groups in total. The Morgan fingerprint density at radius 1 is 1.30 bits per heavy atom. The molecule has 4 nitrogen and oxygen atoms in total. The SMILES string of the molecule is CCCCC1CCC(C(=O)c2ccc(OCCO)c(N)c2)CC1. The molecule has 128 valence electrons. The van der Waals surface area contributed by atoms with Crippen molar-refractivity contribution in [1.82, 2.24) is 0 Å². The number of nitrogen functional groups attached to an aromatic ring is 1. The van der Waals surface area contributed by atoms with Crippen LogP contribution in [0, 0.1) is 11.8 Å². The second-order valence-electron chi connectivity index (χ2n) is 6.55. The first-order valence-corrected chi connectivity index (χ1v) is 8.83. The Kier molecular flexibility index (Phi) is 6.90. The number of ketones is 1. The molecule has 0 atom stereocenters. The smallest absolute Gasteiger partial charge is 0.166 e. The Bertz CT molecular complexity index is 507. The van der Waals surface area contributed by atoms with E-state index in [-0.39, 0.29) is 24.9 Å². The molecular weight excluding hydrogens is 290 g/mol. The van der Waals surface area contributed by atoms with Crippen molar-refractivity contribution < 1.29 is 14.6 Å². The second-order valence-corrected chi connectivity index (χ2v) is 6.55. The summed E-state index contributed by atoms with van der Waals surface area (Å²) in [6.07, 6.45) is 8.19. The summed E-state index contributed by atoms with van der Waals surface area (Å²) in [4.78, 5) is 12.7. The number of anilines is 1. The van der Waals surface area contributed by atoms with Crippen molar-refractivity contribution in [2.45, 2.75) is 51.9 Å². The molecule has 0 radical (unpaired) electrons. The molecule has 0 unspecified atom stereocenters. The van der Waals surface area contributed by atoms with Crippen molar-refractivity contribution in [3.8, 4) is 5.75 Å². The number of rotatable bonds is 8. The van der Waals surface area contributed by atoms with Crippen LogP contribution in [0.15, 0.2) is 18.2 Å². The third-order valence-electron chi connectivity index (χ3n) is 4.83. The van der Waals surface area contributed by atoms with E-state index in [1.165, 1.54) is 32.1 Å². The predicted octanol–water partition coefficient (Wildman–Crippen LogP) is 3.82. The van der Waals surface area contributed by atoms with E-state index in [4.69, 9.17) is 15.6 Å². The van der Waals surface area contributed by atoms with Crippen molar-refractivity contribution in [3.05, 3.63) is 23.8 Å². The van der Waals surface area contributed by atoms with Crippen LogP contribution in [0.2, 0.25) is 0 Å². The molecule has 0 saturated heterocycles. The second kappa shape index (κ2) is 8.92. The number of ether oxygens (including phenoxy) is 1. The highest BCUT2D eigenvalue weighted by Crippen LogP contribution is 2.34. The summed E-state index contributed by atoms with van der Waals surface area (Å²) in [5.74, 6) is 1.67. The minimum Gasteiger partial charge on any atom is -0.489 e. The van der Waals surface area contributed by atoms with E-state index >= 15 is 0 Å². The van der Waals surface area contributed by atoms with Crippen LogP contribution in [0.3, 0.4) is 0 Å². The summed E-state index contributed by atoms with van der Waals surface area (Å²) in [5.41, 5.74) is 7.08. The van der Waals surface area contributed by atoms with E-state index < -0.39 is 0 Å². The number of nitrogens with two attached hydrogens (primary N) is 1. The molecule has 1 fully saturated rings. The number of benzene rings is 1. The molecule has 1 aliphatic rings. The molecule has 1 aliphatic carbocycles. The van der Waals surface area contributed by atoms with Crippen LogP contribution < -0.4 is 10.5 Å². The van der Waals surface area contributed by atoms with Crippen LogP contribution in [0.25, 0.3) is 0 Å². The third kappa shape index (κ3) is 4.96. The normalized spacial score (nSPS) is 21.1. The van der Waals surface area contributed by atoms with Gasteiger partial charge in [-0.05, 0) is 49.8 Å². The van der Waals surface area contributed by atoms with Gasteiger partial charge in [0.1, 0.15) is 12.4 Å². The van der Waals surface area contributed by atoms with E-state index in [2.05, 4.69) is 6.92 Å². The summed E-state index contributed by atoms with van der Waals surface area (Å²) in [7, 11) is 0. The number of aliphatic hydroxyl groups is 1. The minimum absolute atomic E-state index is 0.0542. The van der Waals surface area contributed by atoms with Crippen LogP contribution >= 0.6 is 0 Å². The van der Waals surface area contributed by atoms with Crippen LogP contribution in [-0.2, 0) is 0 Å². The van der Waals surface area contributed by atoms with Gasteiger partial charge in [-0.1, -0.05) is 26.2 Å². The van der Waals surface area contributed by atoms with Gasteiger partial charge in [0.05, 0.1) is 12.3 Å². The topological polar surface area (TPSA) is 72.5 Å². The number of carbonyl (C=O) groups is 1. The summed E-state index contributed by atoms with van der Waals surface area (Å²) in [6, 6.07) is 5.22. The van der Waals surface area contributed by atoms with Gasteiger partial charge in [-0.3, -0.25) is 4.79 Å². The molecule has 0 heterocycles. The Hall–Kier alpha value is -1.55. The minimum atomic E-state index is -0.0542. The Labute approximate surface area is 139 Å². The average molecular weight is 319 g/mol. The highest BCUT2D eigenvalue weighted by molar-refractivity contribution is 5.99. The maximum Gasteiger partial charge on any atom is 0.166 e. The highest BCUT2D eigenvalue weighted by Gasteiger charge is 2.27. The summed E-state index contributed by atoms with van der Waals surface area (Å²) in [6.45, 7) is 2.38. The predicted molar refractivity (Wildman–Crippen MR) is 92.7 cm³/mol. The molecule has 0 aromatic heterocycles. The van der Waals surface area contributed by atoms with Crippen molar-refractivity contribution in [3.63, 3.8) is 0 Å². The van der Waals surface area contributed by atoms with Crippen molar-refractivity contribution in [2.75, 3.05) is 18.9 Å². The van der Waals surface area contributed by atoms with Gasteiger partial charge in [-0.15, -0.1) is 0 Å². The van der Waals surface area contributed by atoms with Crippen LogP contribution in [-0.4, -0.2) is 24.1 Å². The molecule has 0 bridgehead atoms. The average Bonchev–Trinajstić information content (AvgIpc) is 2.58. The van der Waals surface area contributed by atoms with Gasteiger partial charge in [0.2, 0.25) is 0 Å². The molecular formula is C19H29NO3. The van der Waals surface area contributed by atoms with E-state index in [1.807, 2.05) is 0 Å². The van der Waals surface area contributed by atoms with Crippen molar-refractivity contribution in [1.29, 1.82) is 0 Å². The van der Waals surface area contributed by atoms with E-state index in [0.717, 1.165) is 18.8 Å². The maximum atomic E-state index is 12.7. The number of aliphatic hydroxyl groups excluding tert-OH is 1. The van der Waals surface area contributed by atoms with Crippen LogP contribution in [0.5, 0.6) is 5.75 Å². The van der Waals surface area contributed by atoms with Crippen LogP contribution in [0.4, 0.5) is 5.69 Å². The number of Topliss-reactive ketones (excluding diaryl/α,β-unsaturated/α-hetero) is 1. The number of hydrogen-bond acceptors (Lipinski definition) is 4. The van der Waals surface area contributed by atoms with Crippen molar-refractivity contribution in [2.24, 2.45) is 11.8 Å². The third-order valence-corrected chi connectivity index (χ3v) is 4.83. The van der Waals surface area contributed by atoms with Gasteiger partial charge >= 0.3 is 0 Å². The van der Waals surface area contributed by atoms with Gasteiger partial charge in [-0.2, -0.15) is 0 Å². The summed E-state index contributed by atoms with van der Waals surface area (Å²) >= 11 is 0. The molecule has 0 spiro atoms. The molecule has 1 saturated carbocycles. The number of carbonyl (C=O) groups excluding carboxylic acids is 1. The number of hydrogen-bond donors (Lipinski definition) is 2. The fourth-order valence-electron chi connectivity index (χ4n) is 3.43. The van der Waals surface area contributed by atoms with Gasteiger partial charge in [0.25, 0.3) is 0 Å². The van der Waals surface area contributed by atoms with E-state index in [0.29, 0.717) is 17.0 Å². The molecule has 1 aromatic carbocycles. The first-order valence-electron chi connectivity index (χ1n) is 8.83. The van der Waals surface area contributed by atoms with Gasteiger partial charge < -0.3 is 15.6 Å². The van der Waals surface area contributed by atoms with E-state index in [1.54, 1.807) is 18.2 Å². The van der Waals surface area contributed by atoms with Crippen LogP contribution in [0.1, 0.15) is 62.2 Å². The lowest BCUT2D eigenvalue weighted by molar-refractivity contribution is 0.0869. The molecule has 1 aromatic rings. The highest BCUT2D eigenvalue weighted by atomic mass is 16.5. The largest absolute Gasteiger partial charge is 0.489 e. The fraction of sp³-hybridized carbons (Fsp3) is 0.632. The Balaban J connectivity index is 1.92. The lowest BCUT2D eigenvalue weighted by atomic mass is 9.77. The first-order chi connectivity index (χ1) is 11.2. The first kappa shape index (κ1) is 17.8. The zero-order valence-electron chi connectivity index (χ0n) is 14.1. The quantitative estimate of drug-likeness (QED) is 0.564. The summed E-state index contributed by atoms with van der Waals surface area (Å²) < 4.78 is 5.33. The van der Waals surface area contributed by atoms with Crippen molar-refractivity contribution >= 4 is 11.5 Å². The molecule has 0 aliphatic heterocycles.